The standard InChI is InChI=1S/2C11H10BrClN4O3S.C11H10BrFN4O3S.2C11H10Cl2N4O3S.C11H10ClFN4O3S/c3*1-6-3-4-8(7(13)5-6)14-11(18)9-10(12)16-17(15-9)21(2,19)20;2*1-6-3-4-8(7(12)5-6)14-11(18)9-10(13)16-17(15-9)21(2,19)20;1-6-3-4-8(7(13)5-6)14-11(18)9-10(12)16-17(15-9)21(2,19)20/h6*3-5H,1-2H3,(H,14,18). The maximum atomic E-state index is 13.7. The van der Waals surface area contributed by atoms with Crippen LogP contribution in [0.1, 0.15) is 96.3 Å². The van der Waals surface area contributed by atoms with Gasteiger partial charge in [-0.15, -0.1) is 61.2 Å². The van der Waals surface area contributed by atoms with Crippen LogP contribution in [0.5, 0.6) is 0 Å². The summed E-state index contributed by atoms with van der Waals surface area (Å²) in [4.78, 5) is 72.2. The Bertz CT molecular complexity index is 5990. The van der Waals surface area contributed by atoms with E-state index in [4.69, 9.17) is 81.2 Å². The van der Waals surface area contributed by atoms with Gasteiger partial charge in [0.1, 0.15) is 11.6 Å². The average molecular weight is 2200 g/mol. The summed E-state index contributed by atoms with van der Waals surface area (Å²) in [5.74, 6) is -5.53. The van der Waals surface area contributed by atoms with Crippen LogP contribution in [0.2, 0.25) is 35.5 Å². The van der Waals surface area contributed by atoms with Gasteiger partial charge in [0.2, 0.25) is 0 Å². The van der Waals surface area contributed by atoms with Crippen molar-refractivity contribution in [3.8, 4) is 0 Å². The van der Waals surface area contributed by atoms with Crippen LogP contribution in [0.25, 0.3) is 0 Å². The number of aryl methyl sites for hydroxylation is 6. The predicted octanol–water partition coefficient (Wildman–Crippen LogP) is 11.0. The summed E-state index contributed by atoms with van der Waals surface area (Å²) >= 11 is 50.1. The maximum Gasteiger partial charge on any atom is 0.279 e. The van der Waals surface area contributed by atoms with E-state index < -0.39 is 118 Å². The number of nitrogens with zero attached hydrogens (tertiary/aromatic N) is 18. The number of rotatable bonds is 18. The summed E-state index contributed by atoms with van der Waals surface area (Å²) < 4.78 is 165. The van der Waals surface area contributed by atoms with Gasteiger partial charge < -0.3 is 31.9 Å². The zero-order chi connectivity index (χ0) is 94.7. The van der Waals surface area contributed by atoms with Crippen molar-refractivity contribution in [2.45, 2.75) is 41.5 Å². The molecule has 0 saturated carbocycles. The number of carbonyl (C=O) groups excluding carboxylic acids is 6. The van der Waals surface area contributed by atoms with Crippen LogP contribution in [0.4, 0.5) is 42.9 Å². The topological polar surface area (TPSA) is 564 Å². The molecular weight excluding hydrogens is 2140 g/mol. The first-order valence-corrected chi connectivity index (χ1v) is 49.7. The highest BCUT2D eigenvalue weighted by molar-refractivity contribution is 9.11. The molecule has 0 bridgehead atoms. The van der Waals surface area contributed by atoms with E-state index in [0.29, 0.717) is 79.2 Å². The lowest BCUT2D eigenvalue weighted by molar-refractivity contribution is 0.101. The van der Waals surface area contributed by atoms with E-state index in [0.717, 1.165) is 59.8 Å². The van der Waals surface area contributed by atoms with E-state index in [1.807, 2.05) is 27.7 Å². The first-order valence-electron chi connectivity index (χ1n) is 33.5. The molecule has 0 atom stereocenters. The van der Waals surface area contributed by atoms with E-state index in [1.54, 1.807) is 98.8 Å². The van der Waals surface area contributed by atoms with Crippen LogP contribution in [-0.2, 0) is 60.1 Å². The van der Waals surface area contributed by atoms with Gasteiger partial charge in [-0.25, -0.2) is 59.3 Å². The number of benzene rings is 6. The summed E-state index contributed by atoms with van der Waals surface area (Å²) in [6.07, 6.45) is 5.38. The van der Waals surface area contributed by atoms with Gasteiger partial charge in [-0.05, 0) is 196 Å². The molecule has 6 aromatic carbocycles. The molecule has 0 unspecified atom stereocenters. The monoisotopic (exact) mass is 2190 g/mol. The fourth-order valence-corrected chi connectivity index (χ4v) is 14.9. The van der Waals surface area contributed by atoms with E-state index in [9.17, 15) is 88.1 Å². The summed E-state index contributed by atoms with van der Waals surface area (Å²) in [6.45, 7) is 10.8. The highest BCUT2D eigenvalue weighted by Crippen LogP contribution is 2.30. The molecule has 672 valence electrons. The molecular formula is C66H60Br3Cl7F2N24O18S6. The molecule has 0 aliphatic rings. The van der Waals surface area contributed by atoms with Gasteiger partial charge >= 0.3 is 0 Å². The summed E-state index contributed by atoms with van der Waals surface area (Å²) in [6, 6.07) is 28.8. The van der Waals surface area contributed by atoms with Gasteiger partial charge in [-0.1, -0.05) is 143 Å². The third-order valence-corrected chi connectivity index (χ3v) is 22.8. The second-order valence-corrected chi connectivity index (χ2v) is 41.3. The molecule has 6 amide bonds. The third-order valence-electron chi connectivity index (χ3n) is 14.6. The minimum atomic E-state index is -3.77. The van der Waals surface area contributed by atoms with Crippen LogP contribution in [0, 0.1) is 53.2 Å². The predicted molar refractivity (Wildman–Crippen MR) is 474 cm³/mol. The van der Waals surface area contributed by atoms with Gasteiger partial charge in [0.25, 0.3) is 95.6 Å². The molecule has 0 aliphatic carbocycles. The average Bonchev–Trinajstić information content (AvgIpc) is 1.70. The molecule has 0 aliphatic heterocycles. The molecule has 0 radical (unpaired) electrons. The van der Waals surface area contributed by atoms with E-state index in [2.05, 4.69) is 141 Å². The normalized spacial score (nSPS) is 11.4. The first-order chi connectivity index (χ1) is 58.1. The Balaban J connectivity index is 0.000000207. The molecule has 60 heteroatoms. The third kappa shape index (κ3) is 29.0. The fourth-order valence-electron chi connectivity index (χ4n) is 8.77. The first kappa shape index (κ1) is 103. The molecule has 6 heterocycles. The number of nitrogens with one attached hydrogen (secondary N) is 6. The molecule has 6 N–H and O–H groups in total. The lowest BCUT2D eigenvalue weighted by Crippen LogP contribution is -2.17. The van der Waals surface area contributed by atoms with Crippen molar-refractivity contribution in [3.63, 3.8) is 0 Å². The van der Waals surface area contributed by atoms with Crippen molar-refractivity contribution in [1.29, 1.82) is 0 Å². The Hall–Kier alpha value is -9.99. The van der Waals surface area contributed by atoms with Gasteiger partial charge in [0, 0.05) is 0 Å². The van der Waals surface area contributed by atoms with Crippen molar-refractivity contribution in [3.05, 3.63) is 238 Å². The molecule has 126 heavy (non-hydrogen) atoms. The van der Waals surface area contributed by atoms with E-state index in [-0.39, 0.29) is 64.0 Å². The number of aromatic nitrogens is 18. The molecule has 0 fully saturated rings. The van der Waals surface area contributed by atoms with Crippen molar-refractivity contribution >= 4 is 259 Å². The lowest BCUT2D eigenvalue weighted by atomic mass is 10.2. The highest BCUT2D eigenvalue weighted by Gasteiger charge is 2.29. The van der Waals surface area contributed by atoms with Gasteiger partial charge in [-0.3, -0.25) is 28.8 Å². The van der Waals surface area contributed by atoms with Crippen LogP contribution in [0.15, 0.2) is 123 Å². The lowest BCUT2D eigenvalue weighted by Gasteiger charge is -2.06. The Kier molecular flexibility index (Phi) is 34.6. The zero-order valence-electron chi connectivity index (χ0n) is 65.8. The van der Waals surface area contributed by atoms with Gasteiger partial charge in [0.15, 0.2) is 63.4 Å². The van der Waals surface area contributed by atoms with Crippen molar-refractivity contribution in [1.82, 2.24) is 86.4 Å². The molecule has 0 saturated heterocycles. The molecule has 12 rings (SSSR count). The Morgan fingerprint density at radius 1 is 0.262 bits per heavy atom. The molecule has 42 nitrogen and oxygen atoms in total. The van der Waals surface area contributed by atoms with Crippen molar-refractivity contribution in [2.75, 3.05) is 69.4 Å². The number of halogens is 12. The largest absolute Gasteiger partial charge is 0.319 e. The maximum absolute atomic E-state index is 13.7. The summed E-state index contributed by atoms with van der Waals surface area (Å²) in [7, 11) is -22.3. The second kappa shape index (κ2) is 42.3. The SMILES string of the molecule is Cc1ccc(NC(=O)c2nn(S(C)(=O)=O)nc2Br)c(Cl)c1.Cc1ccc(NC(=O)c2nn(S(C)(=O)=O)nc2Br)c(Cl)c1.Cc1ccc(NC(=O)c2nn(S(C)(=O)=O)nc2Br)c(F)c1.Cc1ccc(NC(=O)c2nn(S(C)(=O)=O)nc2Cl)c(Cl)c1.Cc1ccc(NC(=O)c2nn(S(C)(=O)=O)nc2Cl)c(Cl)c1.Cc1ccc(NC(=O)c2nn(S(C)(=O)=O)nc2Cl)c(F)c1. The fraction of sp³-hybridized carbons (Fsp3) is 0.182. The molecule has 6 aromatic heterocycles. The van der Waals surface area contributed by atoms with Crippen LogP contribution in [-0.4, -0.2) is 210 Å². The Labute approximate surface area is 774 Å². The Morgan fingerprint density at radius 2 is 0.421 bits per heavy atom. The number of hydrogen-bond donors (Lipinski definition) is 6. The van der Waals surface area contributed by atoms with E-state index >= 15 is 0 Å². The molecule has 12 aromatic rings. The zero-order valence-corrected chi connectivity index (χ0v) is 80.7. The minimum absolute atomic E-state index is 0.0219. The Morgan fingerprint density at radius 3 is 0.587 bits per heavy atom. The van der Waals surface area contributed by atoms with Crippen molar-refractivity contribution < 1.29 is 88.1 Å². The summed E-state index contributed by atoms with van der Waals surface area (Å²) in [5, 5.41) is 57.6. The molecule has 0 spiro atoms. The number of carbonyl (C=O) groups is 6. The number of hydrogen-bond acceptors (Lipinski definition) is 30. The van der Waals surface area contributed by atoms with Gasteiger partial charge in [-0.2, -0.15) is 0 Å². The van der Waals surface area contributed by atoms with Crippen LogP contribution >= 0.6 is 129 Å². The minimum Gasteiger partial charge on any atom is -0.319 e. The number of anilines is 6. The quantitative estimate of drug-likeness (QED) is 0.0465. The second-order valence-electron chi connectivity index (χ2n) is 25.6. The van der Waals surface area contributed by atoms with Gasteiger partial charge in [0.05, 0.1) is 91.7 Å². The highest BCUT2D eigenvalue weighted by atomic mass is 79.9. The smallest absolute Gasteiger partial charge is 0.279 e. The van der Waals surface area contributed by atoms with Crippen molar-refractivity contribution in [2.24, 2.45) is 0 Å². The van der Waals surface area contributed by atoms with Crippen LogP contribution in [0.3, 0.4) is 0 Å². The van der Waals surface area contributed by atoms with Crippen LogP contribution < -0.4 is 31.9 Å². The summed E-state index contributed by atoms with van der Waals surface area (Å²) in [5.41, 5.74) is 4.94. The number of amides is 6. The van der Waals surface area contributed by atoms with E-state index in [1.165, 1.54) is 24.3 Å².